The first-order valence-corrected chi connectivity index (χ1v) is 7.71. The van der Waals surface area contributed by atoms with Gasteiger partial charge in [-0.25, -0.2) is 4.79 Å². The van der Waals surface area contributed by atoms with E-state index in [0.29, 0.717) is 12.3 Å². The number of carbonyl (C=O) groups is 1. The highest BCUT2D eigenvalue weighted by atomic mass is 79.9. The second-order valence-electron chi connectivity index (χ2n) is 4.89. The molecule has 1 aliphatic heterocycles. The van der Waals surface area contributed by atoms with Crippen LogP contribution >= 0.6 is 15.9 Å². The zero-order chi connectivity index (χ0) is 15.2. The molecule has 1 heterocycles. The van der Waals surface area contributed by atoms with E-state index >= 15 is 0 Å². The fraction of sp³-hybridized carbons (Fsp3) is 0.533. The summed E-state index contributed by atoms with van der Waals surface area (Å²) in [7, 11) is 2.98. The number of halogens is 1. The van der Waals surface area contributed by atoms with Gasteiger partial charge in [0.25, 0.3) is 0 Å². The Kier molecular flexibility index (Phi) is 6.02. The van der Waals surface area contributed by atoms with E-state index < -0.39 is 6.04 Å². The van der Waals surface area contributed by atoms with Gasteiger partial charge in [0.1, 0.15) is 11.8 Å². The molecule has 0 radical (unpaired) electrons. The number of nitrogens with one attached hydrogen (secondary N) is 1. The van der Waals surface area contributed by atoms with Crippen molar-refractivity contribution < 1.29 is 19.0 Å². The number of benzene rings is 1. The van der Waals surface area contributed by atoms with Gasteiger partial charge in [0.05, 0.1) is 20.3 Å². The van der Waals surface area contributed by atoms with Crippen molar-refractivity contribution in [2.75, 3.05) is 27.4 Å². The molecule has 5 nitrogen and oxygen atoms in total. The van der Waals surface area contributed by atoms with Gasteiger partial charge in [-0.3, -0.25) is 5.32 Å². The smallest absolute Gasteiger partial charge is 0.327 e. The third kappa shape index (κ3) is 4.18. The highest BCUT2D eigenvalue weighted by Gasteiger charge is 2.26. The Morgan fingerprint density at radius 1 is 1.52 bits per heavy atom. The van der Waals surface area contributed by atoms with Gasteiger partial charge in [-0.2, -0.15) is 0 Å². The maximum atomic E-state index is 12.1. The summed E-state index contributed by atoms with van der Waals surface area (Å²) in [6.07, 6.45) is 2.24. The molecule has 1 fully saturated rings. The third-order valence-corrected chi connectivity index (χ3v) is 4.25. The van der Waals surface area contributed by atoms with Gasteiger partial charge in [0.15, 0.2) is 0 Å². The van der Waals surface area contributed by atoms with Crippen LogP contribution in [0, 0.1) is 0 Å². The molecular formula is C15H20BrNO4. The second kappa shape index (κ2) is 7.77. The molecule has 116 valence electrons. The van der Waals surface area contributed by atoms with Crippen LogP contribution in [0.3, 0.4) is 0 Å². The minimum Gasteiger partial charge on any atom is -0.497 e. The maximum Gasteiger partial charge on any atom is 0.327 e. The van der Waals surface area contributed by atoms with Gasteiger partial charge in [0, 0.05) is 17.6 Å². The molecule has 1 aliphatic rings. The molecule has 1 aromatic carbocycles. The molecule has 0 aliphatic carbocycles. The van der Waals surface area contributed by atoms with Gasteiger partial charge in [-0.05, 0) is 36.6 Å². The molecule has 0 saturated carbocycles. The largest absolute Gasteiger partial charge is 0.497 e. The first-order valence-electron chi connectivity index (χ1n) is 6.92. The lowest BCUT2D eigenvalue weighted by molar-refractivity contribution is -0.143. The van der Waals surface area contributed by atoms with Crippen LogP contribution in [-0.4, -0.2) is 39.4 Å². The van der Waals surface area contributed by atoms with E-state index in [2.05, 4.69) is 21.2 Å². The summed E-state index contributed by atoms with van der Waals surface area (Å²) in [6.45, 7) is 1.40. The Bertz CT molecular complexity index is 489. The summed E-state index contributed by atoms with van der Waals surface area (Å²) < 4.78 is 16.5. The molecule has 1 N–H and O–H groups in total. The van der Waals surface area contributed by atoms with E-state index in [4.69, 9.17) is 14.2 Å². The van der Waals surface area contributed by atoms with Crippen molar-refractivity contribution in [1.82, 2.24) is 5.32 Å². The van der Waals surface area contributed by atoms with Crippen molar-refractivity contribution in [3.63, 3.8) is 0 Å². The lowest BCUT2D eigenvalue weighted by atomic mass is 10.1. The lowest BCUT2D eigenvalue weighted by Crippen LogP contribution is -2.35. The average molecular weight is 358 g/mol. The monoisotopic (exact) mass is 357 g/mol. The molecule has 2 unspecified atom stereocenters. The zero-order valence-corrected chi connectivity index (χ0v) is 13.8. The summed E-state index contributed by atoms with van der Waals surface area (Å²) in [5.41, 5.74) is 0.791. The summed E-state index contributed by atoms with van der Waals surface area (Å²) in [5, 5.41) is 3.24. The quantitative estimate of drug-likeness (QED) is 0.792. The van der Waals surface area contributed by atoms with Crippen molar-refractivity contribution in [3.8, 4) is 5.75 Å². The molecule has 6 heteroatoms. The predicted octanol–water partition coefficient (Wildman–Crippen LogP) is 2.44. The molecule has 1 aromatic rings. The number of rotatable bonds is 6. The first kappa shape index (κ1) is 16.3. The van der Waals surface area contributed by atoms with Crippen molar-refractivity contribution in [2.24, 2.45) is 0 Å². The summed E-state index contributed by atoms with van der Waals surface area (Å²) in [6, 6.07) is 4.97. The van der Waals surface area contributed by atoms with E-state index in [1.165, 1.54) is 7.11 Å². The highest BCUT2D eigenvalue weighted by molar-refractivity contribution is 9.10. The molecular weight excluding hydrogens is 338 g/mol. The number of carbonyl (C=O) groups excluding carboxylic acids is 1. The van der Waals surface area contributed by atoms with Gasteiger partial charge in [-0.15, -0.1) is 0 Å². The maximum absolute atomic E-state index is 12.1. The van der Waals surface area contributed by atoms with Crippen LogP contribution in [0.1, 0.15) is 24.4 Å². The number of esters is 1. The number of ether oxygens (including phenoxy) is 3. The fourth-order valence-electron chi connectivity index (χ4n) is 2.36. The van der Waals surface area contributed by atoms with E-state index in [1.54, 1.807) is 7.11 Å². The Morgan fingerprint density at radius 3 is 2.95 bits per heavy atom. The first-order chi connectivity index (χ1) is 10.2. The van der Waals surface area contributed by atoms with E-state index in [9.17, 15) is 4.79 Å². The number of methoxy groups -OCH3 is 2. The van der Waals surface area contributed by atoms with Crippen molar-refractivity contribution in [2.45, 2.75) is 25.0 Å². The van der Waals surface area contributed by atoms with E-state index in [1.807, 2.05) is 18.2 Å². The number of hydrogen-bond acceptors (Lipinski definition) is 5. The minimum atomic E-state index is -0.552. The fourth-order valence-corrected chi connectivity index (χ4v) is 2.84. The Balaban J connectivity index is 2.16. The molecule has 2 atom stereocenters. The summed E-state index contributed by atoms with van der Waals surface area (Å²) in [5.74, 6) is 0.364. The second-order valence-corrected chi connectivity index (χ2v) is 5.74. The van der Waals surface area contributed by atoms with Gasteiger partial charge < -0.3 is 14.2 Å². The molecule has 1 saturated heterocycles. The lowest BCUT2D eigenvalue weighted by Gasteiger charge is -2.20. The molecule has 0 aromatic heterocycles. The van der Waals surface area contributed by atoms with Crippen LogP contribution < -0.4 is 10.1 Å². The summed E-state index contributed by atoms with van der Waals surface area (Å²) >= 11 is 3.48. The van der Waals surface area contributed by atoms with Crippen LogP contribution in [0.25, 0.3) is 0 Å². The van der Waals surface area contributed by atoms with E-state index in [-0.39, 0.29) is 12.1 Å². The van der Waals surface area contributed by atoms with Crippen LogP contribution in [0.5, 0.6) is 5.75 Å². The standard InChI is InChI=1S/C15H20BrNO4/c1-19-10-5-6-13(16)12(8-10)14(15(18)20-2)17-9-11-4-3-7-21-11/h5-6,8,11,14,17H,3-4,7,9H2,1-2H3. The SMILES string of the molecule is COC(=O)C(NCC1CCCO1)c1cc(OC)ccc1Br. The normalized spacial score (nSPS) is 19.3. The van der Waals surface area contributed by atoms with Crippen molar-refractivity contribution >= 4 is 21.9 Å². The highest BCUT2D eigenvalue weighted by Crippen LogP contribution is 2.29. The predicted molar refractivity (Wildman–Crippen MR) is 82.4 cm³/mol. The minimum absolute atomic E-state index is 0.154. The molecule has 0 bridgehead atoms. The number of hydrogen-bond donors (Lipinski definition) is 1. The molecule has 0 amide bonds. The van der Waals surface area contributed by atoms with Crippen LogP contribution in [0.15, 0.2) is 22.7 Å². The zero-order valence-electron chi connectivity index (χ0n) is 12.2. The third-order valence-electron chi connectivity index (χ3n) is 3.52. The van der Waals surface area contributed by atoms with Crippen LogP contribution in [-0.2, 0) is 14.3 Å². The molecule has 2 rings (SSSR count). The van der Waals surface area contributed by atoms with Crippen molar-refractivity contribution in [3.05, 3.63) is 28.2 Å². The van der Waals surface area contributed by atoms with E-state index in [0.717, 1.165) is 29.5 Å². The Morgan fingerprint density at radius 2 is 2.33 bits per heavy atom. The van der Waals surface area contributed by atoms with Crippen LogP contribution in [0.2, 0.25) is 0 Å². The Labute approximate surface area is 133 Å². The molecule has 21 heavy (non-hydrogen) atoms. The van der Waals surface area contributed by atoms with Gasteiger partial charge in [-0.1, -0.05) is 15.9 Å². The van der Waals surface area contributed by atoms with Crippen LogP contribution in [0.4, 0.5) is 0 Å². The molecule has 0 spiro atoms. The topological polar surface area (TPSA) is 56.8 Å². The van der Waals surface area contributed by atoms with Gasteiger partial charge in [0.2, 0.25) is 0 Å². The summed E-state index contributed by atoms with van der Waals surface area (Å²) in [4.78, 5) is 12.1. The Hall–Kier alpha value is -1.11. The van der Waals surface area contributed by atoms with Gasteiger partial charge >= 0.3 is 5.97 Å². The van der Waals surface area contributed by atoms with Crippen molar-refractivity contribution in [1.29, 1.82) is 0 Å². The average Bonchev–Trinajstić information content (AvgIpc) is 3.02.